The molecule has 0 spiro atoms. The number of nitrogens with two attached hydrogens (primary N) is 1. The van der Waals surface area contributed by atoms with Gasteiger partial charge < -0.3 is 9.73 Å². The average molecular weight is 312 g/mol. The van der Waals surface area contributed by atoms with Crippen LogP contribution in [0.4, 0.5) is 0 Å². The Bertz CT molecular complexity index is 652. The smallest absolute Gasteiger partial charge is 0.287 e. The summed E-state index contributed by atoms with van der Waals surface area (Å²) >= 11 is 0. The molecule has 0 radical (unpaired) electrons. The summed E-state index contributed by atoms with van der Waals surface area (Å²) in [5.74, 6) is 1.63. The zero-order chi connectivity index (χ0) is 15.2. The van der Waals surface area contributed by atoms with E-state index in [0.717, 1.165) is 5.92 Å². The molecule has 2 aliphatic rings. The predicted octanol–water partition coefficient (Wildman–Crippen LogP) is 1.48. The normalized spacial score (nSPS) is 29.5. The van der Waals surface area contributed by atoms with Gasteiger partial charge in [0.1, 0.15) is 0 Å². The van der Waals surface area contributed by atoms with Crippen LogP contribution in [0, 0.1) is 17.8 Å². The second-order valence-electron chi connectivity index (χ2n) is 6.26. The van der Waals surface area contributed by atoms with Crippen molar-refractivity contribution in [3.05, 3.63) is 17.9 Å². The lowest BCUT2D eigenvalue weighted by Crippen LogP contribution is -2.40. The van der Waals surface area contributed by atoms with Crippen molar-refractivity contribution in [2.24, 2.45) is 22.9 Å². The average Bonchev–Trinajstić information content (AvgIpc) is 3.13. The second-order valence-corrected chi connectivity index (χ2v) is 7.76. The Morgan fingerprint density at radius 1 is 1.38 bits per heavy atom. The lowest BCUT2D eigenvalue weighted by atomic mass is 9.84. The zero-order valence-corrected chi connectivity index (χ0v) is 12.7. The molecule has 2 fully saturated rings. The van der Waals surface area contributed by atoms with Crippen molar-refractivity contribution in [3.8, 4) is 0 Å². The van der Waals surface area contributed by atoms with Crippen LogP contribution in [-0.4, -0.2) is 20.4 Å². The summed E-state index contributed by atoms with van der Waals surface area (Å²) in [6, 6.07) is 2.60. The highest BCUT2D eigenvalue weighted by atomic mass is 32.2. The minimum Gasteiger partial charge on any atom is -0.438 e. The topological polar surface area (TPSA) is 102 Å². The molecule has 6 nitrogen and oxygen atoms in total. The SMILES string of the molecule is C[C@@H](NC(=O)c1ccc(S(N)(=O)=O)o1)[C@H]1C[C@H]2CC[C@H]1C2. The molecule has 2 saturated carbocycles. The Morgan fingerprint density at radius 2 is 2.14 bits per heavy atom. The van der Waals surface area contributed by atoms with Crippen molar-refractivity contribution in [1.82, 2.24) is 5.32 Å². The summed E-state index contributed by atoms with van der Waals surface area (Å²) in [6.07, 6.45) is 5.03. The highest BCUT2D eigenvalue weighted by Crippen LogP contribution is 2.49. The minimum absolute atomic E-state index is 0.0194. The fourth-order valence-electron chi connectivity index (χ4n) is 3.89. The van der Waals surface area contributed by atoms with Crippen molar-refractivity contribution in [1.29, 1.82) is 0 Å². The third-order valence-electron chi connectivity index (χ3n) is 4.88. The molecule has 0 saturated heterocycles. The van der Waals surface area contributed by atoms with Crippen LogP contribution in [0.25, 0.3) is 0 Å². The predicted molar refractivity (Wildman–Crippen MR) is 75.9 cm³/mol. The largest absolute Gasteiger partial charge is 0.438 e. The van der Waals surface area contributed by atoms with E-state index in [1.165, 1.54) is 37.8 Å². The lowest BCUT2D eigenvalue weighted by Gasteiger charge is -2.28. The van der Waals surface area contributed by atoms with Crippen LogP contribution in [0.3, 0.4) is 0 Å². The van der Waals surface area contributed by atoms with Crippen molar-refractivity contribution in [3.63, 3.8) is 0 Å². The number of amides is 1. The standard InChI is InChI=1S/C14H20N2O4S/c1-8(11-7-9-2-3-10(11)6-9)16-14(17)12-4-5-13(20-12)21(15,18)19/h4-5,8-11H,2-3,6-7H2,1H3,(H,16,17)(H2,15,18,19)/t8-,9+,10+,11-/m1/s1. The quantitative estimate of drug-likeness (QED) is 0.879. The van der Waals surface area contributed by atoms with Gasteiger partial charge in [0.15, 0.2) is 5.76 Å². The molecular weight excluding hydrogens is 292 g/mol. The van der Waals surface area contributed by atoms with E-state index in [9.17, 15) is 13.2 Å². The second kappa shape index (κ2) is 5.14. The number of primary sulfonamides is 1. The number of sulfonamides is 1. The molecule has 0 aliphatic heterocycles. The van der Waals surface area contributed by atoms with Crippen molar-refractivity contribution in [2.45, 2.75) is 43.7 Å². The van der Waals surface area contributed by atoms with Gasteiger partial charge in [0.05, 0.1) is 0 Å². The molecule has 2 aliphatic carbocycles. The first-order valence-corrected chi connectivity index (χ1v) is 8.82. The van der Waals surface area contributed by atoms with Crippen LogP contribution in [0.5, 0.6) is 0 Å². The van der Waals surface area contributed by atoms with E-state index in [-0.39, 0.29) is 22.8 Å². The van der Waals surface area contributed by atoms with E-state index in [1.54, 1.807) is 0 Å². The first-order valence-electron chi connectivity index (χ1n) is 7.28. The van der Waals surface area contributed by atoms with Crippen LogP contribution in [0.15, 0.2) is 21.6 Å². The Morgan fingerprint density at radius 3 is 2.67 bits per heavy atom. The van der Waals surface area contributed by atoms with Gasteiger partial charge >= 0.3 is 0 Å². The number of carbonyl (C=O) groups is 1. The number of hydrogen-bond acceptors (Lipinski definition) is 4. The van der Waals surface area contributed by atoms with Gasteiger partial charge in [-0.2, -0.15) is 0 Å². The monoisotopic (exact) mass is 312 g/mol. The van der Waals surface area contributed by atoms with Crippen LogP contribution in [0.1, 0.15) is 43.2 Å². The fraction of sp³-hybridized carbons (Fsp3) is 0.643. The molecule has 1 aromatic heterocycles. The maximum absolute atomic E-state index is 12.1. The Hall–Kier alpha value is -1.34. The van der Waals surface area contributed by atoms with E-state index < -0.39 is 10.0 Å². The molecule has 7 heteroatoms. The molecular formula is C14H20N2O4S. The van der Waals surface area contributed by atoms with E-state index in [1.807, 2.05) is 6.92 Å². The Balaban J connectivity index is 1.65. The van der Waals surface area contributed by atoms with Crippen molar-refractivity contribution in [2.75, 3.05) is 0 Å². The van der Waals surface area contributed by atoms with E-state index in [4.69, 9.17) is 9.56 Å². The van der Waals surface area contributed by atoms with Crippen molar-refractivity contribution < 1.29 is 17.6 Å². The third-order valence-corrected chi connectivity index (χ3v) is 5.66. The highest BCUT2D eigenvalue weighted by molar-refractivity contribution is 7.89. The van der Waals surface area contributed by atoms with E-state index in [0.29, 0.717) is 11.8 Å². The van der Waals surface area contributed by atoms with Crippen LogP contribution in [0.2, 0.25) is 0 Å². The van der Waals surface area contributed by atoms with Gasteiger partial charge in [0.2, 0.25) is 5.09 Å². The molecule has 1 heterocycles. The molecule has 3 rings (SSSR count). The maximum atomic E-state index is 12.1. The number of nitrogens with one attached hydrogen (secondary N) is 1. The number of rotatable bonds is 4. The third kappa shape index (κ3) is 2.85. The van der Waals surface area contributed by atoms with Gasteiger partial charge in [-0.25, -0.2) is 13.6 Å². The van der Waals surface area contributed by atoms with Gasteiger partial charge in [-0.05, 0) is 56.1 Å². The molecule has 0 aromatic carbocycles. The van der Waals surface area contributed by atoms with Crippen molar-refractivity contribution >= 4 is 15.9 Å². The highest BCUT2D eigenvalue weighted by Gasteiger charge is 2.42. The summed E-state index contributed by atoms with van der Waals surface area (Å²) in [7, 11) is -3.91. The molecule has 21 heavy (non-hydrogen) atoms. The Kier molecular flexibility index (Phi) is 3.57. The molecule has 116 valence electrons. The number of fused-ring (bicyclic) bond motifs is 2. The maximum Gasteiger partial charge on any atom is 0.287 e. The molecule has 2 bridgehead atoms. The lowest BCUT2D eigenvalue weighted by molar-refractivity contribution is 0.0882. The molecule has 4 atom stereocenters. The zero-order valence-electron chi connectivity index (χ0n) is 11.9. The molecule has 3 N–H and O–H groups in total. The number of hydrogen-bond donors (Lipinski definition) is 2. The van der Waals surface area contributed by atoms with Crippen LogP contribution in [-0.2, 0) is 10.0 Å². The molecule has 1 aromatic rings. The molecule has 0 unspecified atom stereocenters. The molecule has 1 amide bonds. The minimum atomic E-state index is -3.91. The van der Waals surface area contributed by atoms with E-state index in [2.05, 4.69) is 5.32 Å². The number of carbonyl (C=O) groups excluding carboxylic acids is 1. The van der Waals surface area contributed by atoms with Crippen LogP contribution >= 0.6 is 0 Å². The summed E-state index contributed by atoms with van der Waals surface area (Å²) in [6.45, 7) is 2.01. The van der Waals surface area contributed by atoms with Gasteiger partial charge in [0.25, 0.3) is 15.9 Å². The van der Waals surface area contributed by atoms with Gasteiger partial charge in [-0.3, -0.25) is 4.79 Å². The summed E-state index contributed by atoms with van der Waals surface area (Å²) in [5.41, 5.74) is 0. The van der Waals surface area contributed by atoms with E-state index >= 15 is 0 Å². The Labute approximate surface area is 124 Å². The van der Waals surface area contributed by atoms with Crippen LogP contribution < -0.4 is 10.5 Å². The summed E-state index contributed by atoms with van der Waals surface area (Å²) in [4.78, 5) is 12.1. The fourth-order valence-corrected chi connectivity index (χ4v) is 4.35. The summed E-state index contributed by atoms with van der Waals surface area (Å²) in [5, 5.41) is 7.49. The van der Waals surface area contributed by atoms with Gasteiger partial charge in [0, 0.05) is 6.04 Å². The summed E-state index contributed by atoms with van der Waals surface area (Å²) < 4.78 is 27.3. The first kappa shape index (κ1) is 14.6. The first-order chi connectivity index (χ1) is 9.84. The number of furan rings is 1. The van der Waals surface area contributed by atoms with Gasteiger partial charge in [-0.1, -0.05) is 6.42 Å². The van der Waals surface area contributed by atoms with Gasteiger partial charge in [-0.15, -0.1) is 0 Å².